The van der Waals surface area contributed by atoms with Crippen LogP contribution in [0.4, 0.5) is 0 Å². The largest absolute Gasteiger partial charge is 0.355 e. The summed E-state index contributed by atoms with van der Waals surface area (Å²) in [5.41, 5.74) is 1.35. The highest BCUT2D eigenvalue weighted by Crippen LogP contribution is 2.23. The standard InChI is InChI=1S/C22H33N5O5S/c1-22(16-27(33(3,31)32)15-20(29)25(22)2)21(30)24-13-19(28)23-10-6-11-26-12-9-17-7-4-5-8-18(17)14-26/h4-5,7-8H,6,9-16H2,1-3H3,(H,23,28)(H,24,30)/t22-/m0/s1. The van der Waals surface area contributed by atoms with E-state index < -0.39 is 27.4 Å². The van der Waals surface area contributed by atoms with Gasteiger partial charge >= 0.3 is 0 Å². The maximum atomic E-state index is 12.8. The highest BCUT2D eigenvalue weighted by Gasteiger charge is 2.47. The van der Waals surface area contributed by atoms with Gasteiger partial charge < -0.3 is 15.5 Å². The van der Waals surface area contributed by atoms with Crippen LogP contribution in [0.25, 0.3) is 0 Å². The van der Waals surface area contributed by atoms with E-state index in [1.54, 1.807) is 0 Å². The minimum absolute atomic E-state index is 0.166. The number of fused-ring (bicyclic) bond motifs is 1. The molecule has 2 N–H and O–H groups in total. The second-order valence-electron chi connectivity index (χ2n) is 8.94. The van der Waals surface area contributed by atoms with Crippen LogP contribution in [0.15, 0.2) is 24.3 Å². The first-order valence-corrected chi connectivity index (χ1v) is 12.9. The number of sulfonamides is 1. The fraction of sp³-hybridized carbons (Fsp3) is 0.591. The number of piperazine rings is 1. The molecule has 11 heteroatoms. The van der Waals surface area contributed by atoms with Gasteiger partial charge in [0, 0.05) is 39.8 Å². The van der Waals surface area contributed by atoms with Crippen molar-refractivity contribution in [3.63, 3.8) is 0 Å². The average Bonchev–Trinajstić information content (AvgIpc) is 2.77. The molecule has 3 rings (SSSR count). The molecule has 0 saturated carbocycles. The van der Waals surface area contributed by atoms with E-state index in [9.17, 15) is 22.8 Å². The molecule has 0 unspecified atom stereocenters. The van der Waals surface area contributed by atoms with Crippen LogP contribution < -0.4 is 10.6 Å². The van der Waals surface area contributed by atoms with Gasteiger partial charge in [-0.3, -0.25) is 19.3 Å². The van der Waals surface area contributed by atoms with Gasteiger partial charge in [0.15, 0.2) is 0 Å². The second-order valence-corrected chi connectivity index (χ2v) is 10.9. The summed E-state index contributed by atoms with van der Waals surface area (Å²) in [6, 6.07) is 8.44. The van der Waals surface area contributed by atoms with Crippen molar-refractivity contribution in [3.05, 3.63) is 35.4 Å². The first kappa shape index (κ1) is 25.1. The molecule has 0 aliphatic carbocycles. The van der Waals surface area contributed by atoms with Crippen LogP contribution in [0.3, 0.4) is 0 Å². The van der Waals surface area contributed by atoms with Crippen LogP contribution in [-0.4, -0.2) is 98.4 Å². The zero-order chi connectivity index (χ0) is 24.2. The normalized spacial score (nSPS) is 22.0. The molecule has 1 fully saturated rings. The summed E-state index contributed by atoms with van der Waals surface area (Å²) in [6.45, 7) is 4.05. The van der Waals surface area contributed by atoms with Crippen molar-refractivity contribution in [2.75, 3.05) is 52.6 Å². The molecular formula is C22H33N5O5S. The molecule has 0 spiro atoms. The Kier molecular flexibility index (Phi) is 7.76. The van der Waals surface area contributed by atoms with Crippen LogP contribution in [0.2, 0.25) is 0 Å². The topological polar surface area (TPSA) is 119 Å². The number of carbonyl (C=O) groups excluding carboxylic acids is 3. The van der Waals surface area contributed by atoms with Crippen molar-refractivity contribution in [2.24, 2.45) is 0 Å². The van der Waals surface area contributed by atoms with Gasteiger partial charge in [0.05, 0.1) is 19.3 Å². The number of nitrogens with zero attached hydrogens (tertiary/aromatic N) is 3. The Morgan fingerprint density at radius 2 is 1.82 bits per heavy atom. The first-order valence-electron chi connectivity index (χ1n) is 11.1. The van der Waals surface area contributed by atoms with Gasteiger partial charge in [-0.1, -0.05) is 24.3 Å². The molecule has 0 aromatic heterocycles. The summed E-state index contributed by atoms with van der Waals surface area (Å²) in [5.74, 6) is -1.39. The van der Waals surface area contributed by atoms with Crippen LogP contribution in [0.1, 0.15) is 24.5 Å². The predicted octanol–water partition coefficient (Wildman–Crippen LogP) is -0.840. The minimum atomic E-state index is -3.64. The van der Waals surface area contributed by atoms with E-state index in [1.165, 1.54) is 30.0 Å². The van der Waals surface area contributed by atoms with Crippen molar-refractivity contribution in [2.45, 2.75) is 31.8 Å². The lowest BCUT2D eigenvalue weighted by Crippen LogP contribution is -2.68. The van der Waals surface area contributed by atoms with Gasteiger partial charge in [0.25, 0.3) is 0 Å². The third kappa shape index (κ3) is 6.10. The number of rotatable bonds is 8. The van der Waals surface area contributed by atoms with Gasteiger partial charge in [-0.05, 0) is 30.9 Å². The van der Waals surface area contributed by atoms with E-state index in [0.29, 0.717) is 6.54 Å². The van der Waals surface area contributed by atoms with Crippen LogP contribution >= 0.6 is 0 Å². The minimum Gasteiger partial charge on any atom is -0.355 e. The SMILES string of the molecule is CN1C(=O)CN(S(C)(=O)=O)C[C@@]1(C)C(=O)NCC(=O)NCCCN1CCc2ccccc2C1. The number of carbonyl (C=O) groups is 3. The Morgan fingerprint density at radius 1 is 1.12 bits per heavy atom. The highest BCUT2D eigenvalue weighted by molar-refractivity contribution is 7.88. The third-order valence-electron chi connectivity index (χ3n) is 6.46. The second kappa shape index (κ2) is 10.2. The molecular weight excluding hydrogens is 446 g/mol. The Bertz CT molecular complexity index is 1010. The van der Waals surface area contributed by atoms with Crippen molar-refractivity contribution in [1.29, 1.82) is 0 Å². The quantitative estimate of drug-likeness (QED) is 0.470. The highest BCUT2D eigenvalue weighted by atomic mass is 32.2. The average molecular weight is 480 g/mol. The molecule has 1 saturated heterocycles. The van der Waals surface area contributed by atoms with Crippen LogP contribution in [-0.2, 0) is 37.4 Å². The van der Waals surface area contributed by atoms with Gasteiger partial charge in [-0.2, -0.15) is 4.31 Å². The molecule has 0 bridgehead atoms. The molecule has 2 aliphatic heterocycles. The fourth-order valence-electron chi connectivity index (χ4n) is 4.19. The summed E-state index contributed by atoms with van der Waals surface area (Å²) in [6.07, 6.45) is 2.82. The van der Waals surface area contributed by atoms with E-state index in [4.69, 9.17) is 0 Å². The number of likely N-dealkylation sites (N-methyl/N-ethyl adjacent to an activating group) is 1. The molecule has 1 aromatic rings. The lowest BCUT2D eigenvalue weighted by Gasteiger charge is -2.44. The molecule has 2 aliphatic rings. The number of benzene rings is 1. The summed E-state index contributed by atoms with van der Waals surface area (Å²) in [5, 5.41) is 5.34. The molecule has 1 atom stereocenters. The molecule has 33 heavy (non-hydrogen) atoms. The Hall–Kier alpha value is -2.50. The Morgan fingerprint density at radius 3 is 2.52 bits per heavy atom. The van der Waals surface area contributed by atoms with Crippen molar-refractivity contribution in [1.82, 2.24) is 24.7 Å². The zero-order valence-corrected chi connectivity index (χ0v) is 20.3. The van der Waals surface area contributed by atoms with E-state index in [-0.39, 0.29) is 25.5 Å². The fourth-order valence-corrected chi connectivity index (χ4v) is 5.02. The number of hydrogen-bond acceptors (Lipinski definition) is 6. The molecule has 182 valence electrons. The number of nitrogens with one attached hydrogen (secondary N) is 2. The maximum absolute atomic E-state index is 12.8. The summed E-state index contributed by atoms with van der Waals surface area (Å²) < 4.78 is 24.8. The summed E-state index contributed by atoms with van der Waals surface area (Å²) in [7, 11) is -2.18. The van der Waals surface area contributed by atoms with Crippen LogP contribution in [0.5, 0.6) is 0 Å². The van der Waals surface area contributed by atoms with Gasteiger partial charge in [-0.15, -0.1) is 0 Å². The van der Waals surface area contributed by atoms with Crippen molar-refractivity contribution >= 4 is 27.7 Å². The number of amides is 3. The zero-order valence-electron chi connectivity index (χ0n) is 19.5. The molecule has 0 radical (unpaired) electrons. The van der Waals surface area contributed by atoms with Gasteiger partial charge in [-0.25, -0.2) is 8.42 Å². The first-order chi connectivity index (χ1) is 15.5. The molecule has 2 heterocycles. The summed E-state index contributed by atoms with van der Waals surface area (Å²) in [4.78, 5) is 40.8. The molecule has 3 amide bonds. The monoisotopic (exact) mass is 479 g/mol. The lowest BCUT2D eigenvalue weighted by molar-refractivity contribution is -0.150. The Balaban J connectivity index is 1.41. The van der Waals surface area contributed by atoms with E-state index in [1.807, 2.05) is 0 Å². The number of hydrogen-bond donors (Lipinski definition) is 2. The van der Waals surface area contributed by atoms with Gasteiger partial charge in [0.1, 0.15) is 5.54 Å². The smallest absolute Gasteiger partial charge is 0.247 e. The van der Waals surface area contributed by atoms with Crippen molar-refractivity contribution < 1.29 is 22.8 Å². The van der Waals surface area contributed by atoms with E-state index in [2.05, 4.69) is 39.8 Å². The van der Waals surface area contributed by atoms with Crippen molar-refractivity contribution in [3.8, 4) is 0 Å². The maximum Gasteiger partial charge on any atom is 0.247 e. The predicted molar refractivity (Wildman–Crippen MR) is 124 cm³/mol. The molecule has 1 aromatic carbocycles. The van der Waals surface area contributed by atoms with Crippen LogP contribution in [0, 0.1) is 0 Å². The van der Waals surface area contributed by atoms with E-state index >= 15 is 0 Å². The summed E-state index contributed by atoms with van der Waals surface area (Å²) >= 11 is 0. The molecule has 10 nitrogen and oxygen atoms in total. The van der Waals surface area contributed by atoms with Gasteiger partial charge in [0.2, 0.25) is 27.7 Å². The lowest BCUT2D eigenvalue weighted by atomic mass is 9.96. The Labute approximate surface area is 195 Å². The third-order valence-corrected chi connectivity index (χ3v) is 7.66. The van der Waals surface area contributed by atoms with E-state index in [0.717, 1.165) is 43.0 Å².